The highest BCUT2D eigenvalue weighted by atomic mass is 79.9. The SMILES string of the molecule is CCc1nc(Cl)c2cc(Cl)c(Br)c(F)c2n1. The van der Waals surface area contributed by atoms with Crippen LogP contribution in [0.5, 0.6) is 0 Å². The third-order valence-electron chi connectivity index (χ3n) is 2.14. The summed E-state index contributed by atoms with van der Waals surface area (Å²) in [5.41, 5.74) is 0.188. The highest BCUT2D eigenvalue weighted by Gasteiger charge is 2.15. The monoisotopic (exact) mass is 322 g/mol. The zero-order valence-corrected chi connectivity index (χ0v) is 11.3. The molecule has 16 heavy (non-hydrogen) atoms. The largest absolute Gasteiger partial charge is 0.230 e. The minimum absolute atomic E-state index is 0.188. The predicted molar refractivity (Wildman–Crippen MR) is 66.6 cm³/mol. The first-order valence-electron chi connectivity index (χ1n) is 4.54. The summed E-state index contributed by atoms with van der Waals surface area (Å²) in [7, 11) is 0. The molecule has 0 aliphatic rings. The fourth-order valence-corrected chi connectivity index (χ4v) is 2.07. The molecule has 0 N–H and O–H groups in total. The first-order chi connectivity index (χ1) is 7.54. The highest BCUT2D eigenvalue weighted by molar-refractivity contribution is 9.10. The standard InChI is InChI=1S/C10H6BrCl2FN2/c1-2-6-15-9-4(10(13)16-6)3-5(12)7(11)8(9)14/h3H,2H2,1H3. The number of rotatable bonds is 1. The van der Waals surface area contributed by atoms with Crippen LogP contribution in [0.2, 0.25) is 10.2 Å². The van der Waals surface area contributed by atoms with E-state index in [0.717, 1.165) is 0 Å². The van der Waals surface area contributed by atoms with Gasteiger partial charge < -0.3 is 0 Å². The molecule has 1 aromatic heterocycles. The third-order valence-corrected chi connectivity index (χ3v) is 3.73. The van der Waals surface area contributed by atoms with Crippen LogP contribution < -0.4 is 0 Å². The van der Waals surface area contributed by atoms with Gasteiger partial charge in [0.2, 0.25) is 0 Å². The van der Waals surface area contributed by atoms with Gasteiger partial charge in [0.05, 0.1) is 9.50 Å². The number of aryl methyl sites for hydroxylation is 1. The minimum Gasteiger partial charge on any atom is -0.230 e. The number of hydrogen-bond donors (Lipinski definition) is 0. The summed E-state index contributed by atoms with van der Waals surface area (Å²) in [6.07, 6.45) is 0.593. The molecule has 0 saturated heterocycles. The summed E-state index contributed by atoms with van der Waals surface area (Å²) in [6.45, 7) is 1.88. The molecule has 1 heterocycles. The number of hydrogen-bond acceptors (Lipinski definition) is 2. The van der Waals surface area contributed by atoms with E-state index in [1.807, 2.05) is 6.92 Å². The van der Waals surface area contributed by atoms with Crippen molar-refractivity contribution < 1.29 is 4.39 Å². The predicted octanol–water partition coefficient (Wildman–Crippen LogP) is 4.40. The van der Waals surface area contributed by atoms with Gasteiger partial charge in [0.1, 0.15) is 16.5 Å². The molecular weight excluding hydrogens is 318 g/mol. The van der Waals surface area contributed by atoms with Crippen LogP contribution in [-0.2, 0) is 6.42 Å². The minimum atomic E-state index is -0.512. The summed E-state index contributed by atoms with van der Waals surface area (Å²) in [5.74, 6) is -0.00729. The molecule has 1 aromatic carbocycles. The van der Waals surface area contributed by atoms with Crippen LogP contribution in [0.4, 0.5) is 4.39 Å². The molecule has 0 unspecified atom stereocenters. The normalized spacial score (nSPS) is 11.1. The number of halogens is 4. The van der Waals surface area contributed by atoms with Crippen molar-refractivity contribution in [2.24, 2.45) is 0 Å². The van der Waals surface area contributed by atoms with E-state index in [2.05, 4.69) is 25.9 Å². The van der Waals surface area contributed by atoms with Gasteiger partial charge in [0.25, 0.3) is 0 Å². The Morgan fingerprint density at radius 3 is 2.69 bits per heavy atom. The lowest BCUT2D eigenvalue weighted by atomic mass is 10.2. The maximum atomic E-state index is 13.9. The van der Waals surface area contributed by atoms with Crippen LogP contribution in [-0.4, -0.2) is 9.97 Å². The van der Waals surface area contributed by atoms with Crippen molar-refractivity contribution in [1.29, 1.82) is 0 Å². The molecule has 0 saturated carbocycles. The van der Waals surface area contributed by atoms with E-state index < -0.39 is 5.82 Å². The van der Waals surface area contributed by atoms with Crippen molar-refractivity contribution in [2.45, 2.75) is 13.3 Å². The maximum absolute atomic E-state index is 13.9. The van der Waals surface area contributed by atoms with Crippen molar-refractivity contribution >= 4 is 50.0 Å². The summed E-state index contributed by atoms with van der Waals surface area (Å²) < 4.78 is 14.1. The van der Waals surface area contributed by atoms with Crippen LogP contribution in [0.25, 0.3) is 10.9 Å². The maximum Gasteiger partial charge on any atom is 0.165 e. The van der Waals surface area contributed by atoms with Crippen molar-refractivity contribution in [3.05, 3.63) is 32.4 Å². The van der Waals surface area contributed by atoms with Gasteiger partial charge in [0.15, 0.2) is 5.82 Å². The fraction of sp³-hybridized carbons (Fsp3) is 0.200. The van der Waals surface area contributed by atoms with Gasteiger partial charge in [-0.05, 0) is 22.0 Å². The van der Waals surface area contributed by atoms with Crippen LogP contribution >= 0.6 is 39.1 Å². The molecule has 0 bridgehead atoms. The summed E-state index contributed by atoms with van der Waals surface area (Å²) in [5, 5.41) is 0.888. The van der Waals surface area contributed by atoms with E-state index in [1.54, 1.807) is 6.07 Å². The Morgan fingerprint density at radius 2 is 2.06 bits per heavy atom. The average molecular weight is 324 g/mol. The molecule has 0 amide bonds. The van der Waals surface area contributed by atoms with Gasteiger partial charge in [0, 0.05) is 11.8 Å². The highest BCUT2D eigenvalue weighted by Crippen LogP contribution is 2.33. The van der Waals surface area contributed by atoms with E-state index in [-0.39, 0.29) is 20.2 Å². The van der Waals surface area contributed by atoms with E-state index in [9.17, 15) is 4.39 Å². The van der Waals surface area contributed by atoms with Crippen molar-refractivity contribution in [3.63, 3.8) is 0 Å². The van der Waals surface area contributed by atoms with Crippen LogP contribution in [0.3, 0.4) is 0 Å². The van der Waals surface area contributed by atoms with Crippen molar-refractivity contribution in [3.8, 4) is 0 Å². The zero-order chi connectivity index (χ0) is 11.9. The van der Waals surface area contributed by atoms with Gasteiger partial charge in [-0.1, -0.05) is 30.1 Å². The summed E-state index contributed by atoms with van der Waals surface area (Å²) >= 11 is 14.8. The molecule has 0 aliphatic heterocycles. The van der Waals surface area contributed by atoms with Crippen molar-refractivity contribution in [1.82, 2.24) is 9.97 Å². The lowest BCUT2D eigenvalue weighted by Gasteiger charge is -2.06. The molecule has 0 atom stereocenters. The van der Waals surface area contributed by atoms with Gasteiger partial charge >= 0.3 is 0 Å². The molecular formula is C10H6BrCl2FN2. The molecule has 84 valence electrons. The molecule has 0 aliphatic carbocycles. The Kier molecular flexibility index (Phi) is 3.33. The molecule has 0 radical (unpaired) electrons. The lowest BCUT2D eigenvalue weighted by Crippen LogP contribution is -1.97. The second-order valence-electron chi connectivity index (χ2n) is 3.17. The zero-order valence-electron chi connectivity index (χ0n) is 8.19. The number of benzene rings is 1. The summed E-state index contributed by atoms with van der Waals surface area (Å²) in [6, 6.07) is 1.55. The van der Waals surface area contributed by atoms with Gasteiger partial charge in [-0.3, -0.25) is 0 Å². The molecule has 0 spiro atoms. The Bertz CT molecular complexity index is 574. The fourth-order valence-electron chi connectivity index (χ4n) is 1.34. The second-order valence-corrected chi connectivity index (χ2v) is 4.72. The second kappa shape index (κ2) is 4.43. The summed E-state index contributed by atoms with van der Waals surface area (Å²) in [4.78, 5) is 8.14. The Hall–Kier alpha value is -0.450. The quantitative estimate of drug-likeness (QED) is 0.574. The Labute approximate surface area is 110 Å². The van der Waals surface area contributed by atoms with Crippen LogP contribution in [0.1, 0.15) is 12.7 Å². The molecule has 2 nitrogen and oxygen atoms in total. The Balaban J connectivity index is 2.90. The van der Waals surface area contributed by atoms with Crippen LogP contribution in [0.15, 0.2) is 10.5 Å². The topological polar surface area (TPSA) is 25.8 Å². The van der Waals surface area contributed by atoms with Gasteiger partial charge in [-0.15, -0.1) is 0 Å². The van der Waals surface area contributed by atoms with Crippen LogP contribution in [0, 0.1) is 5.82 Å². The first kappa shape index (κ1) is 12.0. The number of nitrogens with zero attached hydrogens (tertiary/aromatic N) is 2. The number of aromatic nitrogens is 2. The molecule has 2 rings (SSSR count). The molecule has 6 heteroatoms. The Morgan fingerprint density at radius 1 is 1.38 bits per heavy atom. The third kappa shape index (κ3) is 1.90. The van der Waals surface area contributed by atoms with E-state index >= 15 is 0 Å². The van der Waals surface area contributed by atoms with E-state index in [1.165, 1.54) is 0 Å². The smallest absolute Gasteiger partial charge is 0.165 e. The van der Waals surface area contributed by atoms with Crippen molar-refractivity contribution in [2.75, 3.05) is 0 Å². The van der Waals surface area contributed by atoms with E-state index in [0.29, 0.717) is 17.6 Å². The first-order valence-corrected chi connectivity index (χ1v) is 6.09. The van der Waals surface area contributed by atoms with Gasteiger partial charge in [-0.25, -0.2) is 14.4 Å². The number of fused-ring (bicyclic) bond motifs is 1. The van der Waals surface area contributed by atoms with E-state index in [4.69, 9.17) is 23.2 Å². The van der Waals surface area contributed by atoms with Gasteiger partial charge in [-0.2, -0.15) is 0 Å². The molecule has 2 aromatic rings. The lowest BCUT2D eigenvalue weighted by molar-refractivity contribution is 0.629. The molecule has 0 fully saturated rings. The average Bonchev–Trinajstić information content (AvgIpc) is 2.27.